The number of nitrogens with two attached hydrogens (primary N) is 1. The number of nitrogens with zero attached hydrogens (tertiary/aromatic N) is 1. The molecule has 2 N–H and O–H groups in total. The summed E-state index contributed by atoms with van der Waals surface area (Å²) in [4.78, 5) is 11.1. The Bertz CT molecular complexity index is 433. The number of hydrogen-bond donors (Lipinski definition) is 1. The molecule has 0 heterocycles. The van der Waals surface area contributed by atoms with Crippen molar-refractivity contribution < 1.29 is 9.53 Å². The summed E-state index contributed by atoms with van der Waals surface area (Å²) in [5, 5.41) is 8.74. The second kappa shape index (κ2) is 4.47. The highest BCUT2D eigenvalue weighted by Gasteiger charge is 2.08. The van der Waals surface area contributed by atoms with Crippen LogP contribution in [0.3, 0.4) is 0 Å². The molecule has 0 saturated heterocycles. The van der Waals surface area contributed by atoms with Gasteiger partial charge in [-0.1, -0.05) is 0 Å². The zero-order valence-corrected chi connectivity index (χ0v) is 8.70. The molecule has 0 saturated carbocycles. The molecule has 0 fully saturated rings. The number of ether oxygens (including phenoxy) is 1. The summed E-state index contributed by atoms with van der Waals surface area (Å²) in [5.41, 5.74) is 8.12. The molecule has 0 bridgehead atoms. The van der Waals surface area contributed by atoms with E-state index in [1.165, 1.54) is 7.11 Å². The van der Waals surface area contributed by atoms with Crippen molar-refractivity contribution in [2.75, 3.05) is 12.8 Å². The number of anilines is 1. The van der Waals surface area contributed by atoms with E-state index in [2.05, 4.69) is 4.74 Å². The number of benzene rings is 1. The Morgan fingerprint density at radius 3 is 2.80 bits per heavy atom. The number of carbonyl (C=O) groups is 1. The standard InChI is InChI=1S/C11H12N2O2/c1-7-3-9(6-12)10(13)4-8(7)5-11(14)15-2/h3-4H,5,13H2,1-2H3. The number of nitrogen functional groups attached to an aromatic ring is 1. The van der Waals surface area contributed by atoms with E-state index in [9.17, 15) is 4.79 Å². The fraction of sp³-hybridized carbons (Fsp3) is 0.273. The minimum Gasteiger partial charge on any atom is -0.469 e. The molecule has 0 aromatic heterocycles. The zero-order chi connectivity index (χ0) is 11.4. The van der Waals surface area contributed by atoms with Crippen LogP contribution in [0.1, 0.15) is 16.7 Å². The Morgan fingerprint density at radius 2 is 2.27 bits per heavy atom. The van der Waals surface area contributed by atoms with E-state index in [0.717, 1.165) is 11.1 Å². The molecule has 4 nitrogen and oxygen atoms in total. The van der Waals surface area contributed by atoms with Gasteiger partial charge in [0.2, 0.25) is 0 Å². The zero-order valence-electron chi connectivity index (χ0n) is 8.70. The molecule has 0 amide bonds. The molecule has 0 aliphatic rings. The summed E-state index contributed by atoms with van der Waals surface area (Å²) in [6.07, 6.45) is 0.179. The first-order valence-corrected chi connectivity index (χ1v) is 4.44. The van der Waals surface area contributed by atoms with Gasteiger partial charge in [0, 0.05) is 5.69 Å². The summed E-state index contributed by atoms with van der Waals surface area (Å²) >= 11 is 0. The van der Waals surface area contributed by atoms with E-state index >= 15 is 0 Å². The van der Waals surface area contributed by atoms with Gasteiger partial charge in [-0.15, -0.1) is 0 Å². The van der Waals surface area contributed by atoms with E-state index in [1.54, 1.807) is 12.1 Å². The van der Waals surface area contributed by atoms with Crippen LogP contribution in [0.4, 0.5) is 5.69 Å². The monoisotopic (exact) mass is 204 g/mol. The summed E-state index contributed by atoms with van der Waals surface area (Å²) in [7, 11) is 1.34. The first-order chi connectivity index (χ1) is 7.08. The average molecular weight is 204 g/mol. The molecule has 1 aromatic rings. The van der Waals surface area contributed by atoms with Crippen LogP contribution in [-0.2, 0) is 16.0 Å². The van der Waals surface area contributed by atoms with E-state index in [0.29, 0.717) is 11.3 Å². The normalized spacial score (nSPS) is 9.40. The molecule has 1 rings (SSSR count). The third kappa shape index (κ3) is 2.47. The fourth-order valence-electron chi connectivity index (χ4n) is 1.29. The van der Waals surface area contributed by atoms with Crippen molar-refractivity contribution in [1.82, 2.24) is 0 Å². The van der Waals surface area contributed by atoms with Crippen molar-refractivity contribution in [3.63, 3.8) is 0 Å². The molecule has 0 spiro atoms. The summed E-state index contributed by atoms with van der Waals surface area (Å²) in [6.45, 7) is 1.83. The molecule has 0 unspecified atom stereocenters. The van der Waals surface area contributed by atoms with Gasteiger partial charge in [-0.2, -0.15) is 5.26 Å². The predicted octanol–water partition coefficient (Wildman–Crippen LogP) is 1.16. The van der Waals surface area contributed by atoms with Crippen LogP contribution in [0.2, 0.25) is 0 Å². The highest BCUT2D eigenvalue weighted by Crippen LogP contribution is 2.18. The van der Waals surface area contributed by atoms with Crippen molar-refractivity contribution in [1.29, 1.82) is 5.26 Å². The Kier molecular flexibility index (Phi) is 3.29. The predicted molar refractivity (Wildman–Crippen MR) is 56.0 cm³/mol. The van der Waals surface area contributed by atoms with Crippen LogP contribution in [-0.4, -0.2) is 13.1 Å². The van der Waals surface area contributed by atoms with Crippen LogP contribution < -0.4 is 5.73 Å². The Morgan fingerprint density at radius 1 is 1.60 bits per heavy atom. The van der Waals surface area contributed by atoms with Crippen molar-refractivity contribution >= 4 is 11.7 Å². The summed E-state index contributed by atoms with van der Waals surface area (Å²) < 4.78 is 4.56. The molecule has 78 valence electrons. The first-order valence-electron chi connectivity index (χ1n) is 4.44. The molecule has 0 aliphatic carbocycles. The molecule has 0 atom stereocenters. The number of aryl methyl sites for hydroxylation is 1. The highest BCUT2D eigenvalue weighted by atomic mass is 16.5. The largest absolute Gasteiger partial charge is 0.469 e. The van der Waals surface area contributed by atoms with Crippen LogP contribution in [0, 0.1) is 18.3 Å². The second-order valence-electron chi connectivity index (χ2n) is 3.23. The minimum absolute atomic E-state index is 0.179. The number of nitriles is 1. The number of hydrogen-bond acceptors (Lipinski definition) is 4. The van der Waals surface area contributed by atoms with Crippen LogP contribution in [0.15, 0.2) is 12.1 Å². The van der Waals surface area contributed by atoms with Crippen LogP contribution >= 0.6 is 0 Å². The molecular weight excluding hydrogens is 192 g/mol. The Balaban J connectivity index is 3.06. The molecule has 15 heavy (non-hydrogen) atoms. The van der Waals surface area contributed by atoms with Crippen LogP contribution in [0.25, 0.3) is 0 Å². The van der Waals surface area contributed by atoms with E-state index in [1.807, 2.05) is 13.0 Å². The van der Waals surface area contributed by atoms with Crippen LogP contribution in [0.5, 0.6) is 0 Å². The Hall–Kier alpha value is -2.02. The van der Waals surface area contributed by atoms with E-state index in [4.69, 9.17) is 11.0 Å². The molecule has 4 heteroatoms. The lowest BCUT2D eigenvalue weighted by Gasteiger charge is -2.07. The fourth-order valence-corrected chi connectivity index (χ4v) is 1.29. The van der Waals surface area contributed by atoms with Gasteiger partial charge in [0.05, 0.1) is 19.1 Å². The second-order valence-corrected chi connectivity index (χ2v) is 3.23. The Labute approximate surface area is 88.3 Å². The van der Waals surface area contributed by atoms with Gasteiger partial charge in [0.25, 0.3) is 0 Å². The summed E-state index contributed by atoms with van der Waals surface area (Å²) in [6, 6.07) is 5.31. The van der Waals surface area contributed by atoms with E-state index < -0.39 is 0 Å². The number of carbonyl (C=O) groups excluding carboxylic acids is 1. The van der Waals surface area contributed by atoms with E-state index in [-0.39, 0.29) is 12.4 Å². The molecular formula is C11H12N2O2. The first kappa shape index (κ1) is 11.1. The van der Waals surface area contributed by atoms with Crippen molar-refractivity contribution in [3.05, 3.63) is 28.8 Å². The van der Waals surface area contributed by atoms with Crippen molar-refractivity contribution in [2.24, 2.45) is 0 Å². The third-order valence-corrected chi connectivity index (χ3v) is 2.19. The van der Waals surface area contributed by atoms with Gasteiger partial charge < -0.3 is 10.5 Å². The van der Waals surface area contributed by atoms with Gasteiger partial charge in [-0.25, -0.2) is 0 Å². The topological polar surface area (TPSA) is 76.1 Å². The quantitative estimate of drug-likeness (QED) is 0.579. The smallest absolute Gasteiger partial charge is 0.309 e. The maximum atomic E-state index is 11.1. The number of rotatable bonds is 2. The SMILES string of the molecule is COC(=O)Cc1cc(N)c(C#N)cc1C. The molecule has 0 aliphatic heterocycles. The third-order valence-electron chi connectivity index (χ3n) is 2.19. The lowest BCUT2D eigenvalue weighted by molar-refractivity contribution is -0.139. The highest BCUT2D eigenvalue weighted by molar-refractivity contribution is 5.74. The average Bonchev–Trinajstić information content (AvgIpc) is 2.22. The summed E-state index contributed by atoms with van der Waals surface area (Å²) in [5.74, 6) is -0.317. The van der Waals surface area contributed by atoms with Gasteiger partial charge in [-0.05, 0) is 30.2 Å². The van der Waals surface area contributed by atoms with Gasteiger partial charge in [0.15, 0.2) is 0 Å². The van der Waals surface area contributed by atoms with Crippen molar-refractivity contribution in [3.8, 4) is 6.07 Å². The maximum Gasteiger partial charge on any atom is 0.309 e. The number of esters is 1. The number of methoxy groups -OCH3 is 1. The van der Waals surface area contributed by atoms with Gasteiger partial charge in [0.1, 0.15) is 6.07 Å². The molecule has 1 aromatic carbocycles. The van der Waals surface area contributed by atoms with Crippen molar-refractivity contribution in [2.45, 2.75) is 13.3 Å². The lowest BCUT2D eigenvalue weighted by atomic mass is 10.0. The molecule has 0 radical (unpaired) electrons. The van der Waals surface area contributed by atoms with Gasteiger partial charge >= 0.3 is 5.97 Å². The van der Waals surface area contributed by atoms with Gasteiger partial charge in [-0.3, -0.25) is 4.79 Å². The lowest BCUT2D eigenvalue weighted by Crippen LogP contribution is -2.07. The minimum atomic E-state index is -0.317. The maximum absolute atomic E-state index is 11.1.